The van der Waals surface area contributed by atoms with E-state index in [1.807, 2.05) is 6.07 Å². The average Bonchev–Trinajstić information content (AvgIpc) is 2.47. The Morgan fingerprint density at radius 3 is 2.86 bits per heavy atom. The maximum Gasteiger partial charge on any atom is 0.258 e. The number of hydrogen-bond acceptors (Lipinski definition) is 4. The summed E-state index contributed by atoms with van der Waals surface area (Å²) in [6.45, 7) is 1.78. The van der Waals surface area contributed by atoms with Crippen LogP contribution in [0.15, 0.2) is 30.5 Å². The van der Waals surface area contributed by atoms with Crippen LogP contribution in [-0.2, 0) is 0 Å². The number of nitrogens with one attached hydrogen (secondary N) is 1. The average molecular weight is 302 g/mol. The number of methoxy groups -OCH3 is 1. The van der Waals surface area contributed by atoms with Gasteiger partial charge in [-0.2, -0.15) is 5.26 Å². The molecule has 5 nitrogen and oxygen atoms in total. The number of anilines is 1. The molecule has 1 amide bonds. The number of hydrogen-bond donors (Lipinski definition) is 1. The van der Waals surface area contributed by atoms with Gasteiger partial charge in [-0.25, -0.2) is 0 Å². The second-order valence-electron chi connectivity index (χ2n) is 4.25. The van der Waals surface area contributed by atoms with Crippen LogP contribution in [0, 0.1) is 18.3 Å². The lowest BCUT2D eigenvalue weighted by atomic mass is 10.1. The first kappa shape index (κ1) is 14.8. The Labute approximate surface area is 127 Å². The van der Waals surface area contributed by atoms with Crippen LogP contribution in [-0.4, -0.2) is 18.0 Å². The molecule has 6 heteroatoms. The van der Waals surface area contributed by atoms with Crippen molar-refractivity contribution in [3.63, 3.8) is 0 Å². The predicted octanol–water partition coefficient (Wildman–Crippen LogP) is 3.18. The van der Waals surface area contributed by atoms with Gasteiger partial charge in [-0.3, -0.25) is 9.78 Å². The molecular weight excluding hydrogens is 290 g/mol. The zero-order valence-electron chi connectivity index (χ0n) is 11.5. The highest BCUT2D eigenvalue weighted by atomic mass is 35.5. The maximum absolute atomic E-state index is 12.3. The molecular formula is C15H12ClN3O2. The number of rotatable bonds is 3. The zero-order valence-corrected chi connectivity index (χ0v) is 12.2. The van der Waals surface area contributed by atoms with E-state index >= 15 is 0 Å². The molecule has 0 spiro atoms. The van der Waals surface area contributed by atoms with Crippen LogP contribution < -0.4 is 10.1 Å². The normalized spacial score (nSPS) is 9.81. The van der Waals surface area contributed by atoms with Crippen molar-refractivity contribution in [2.24, 2.45) is 0 Å². The van der Waals surface area contributed by atoms with Gasteiger partial charge in [-0.1, -0.05) is 17.7 Å². The lowest BCUT2D eigenvalue weighted by molar-refractivity contribution is 0.102. The Morgan fingerprint density at radius 2 is 2.24 bits per heavy atom. The molecule has 2 rings (SSSR count). The number of amides is 1. The van der Waals surface area contributed by atoms with E-state index in [1.165, 1.54) is 13.3 Å². The minimum Gasteiger partial charge on any atom is -0.495 e. The summed E-state index contributed by atoms with van der Waals surface area (Å²) in [4.78, 5) is 16.3. The minimum absolute atomic E-state index is 0.233. The molecule has 1 N–H and O–H groups in total. The molecule has 0 unspecified atom stereocenters. The van der Waals surface area contributed by atoms with Gasteiger partial charge < -0.3 is 10.1 Å². The summed E-state index contributed by atoms with van der Waals surface area (Å²) in [6, 6.07) is 8.53. The number of pyridine rings is 1. The molecule has 2 aromatic rings. The molecule has 0 fully saturated rings. The molecule has 0 saturated heterocycles. The van der Waals surface area contributed by atoms with Gasteiger partial charge in [0, 0.05) is 11.9 Å². The Balaban J connectivity index is 2.38. The molecule has 0 radical (unpaired) electrons. The molecule has 21 heavy (non-hydrogen) atoms. The van der Waals surface area contributed by atoms with Gasteiger partial charge in [-0.05, 0) is 25.1 Å². The number of carbonyl (C=O) groups is 1. The van der Waals surface area contributed by atoms with Gasteiger partial charge in [-0.15, -0.1) is 0 Å². The van der Waals surface area contributed by atoms with Crippen LogP contribution in [0.1, 0.15) is 21.6 Å². The molecule has 0 aliphatic carbocycles. The molecule has 0 bridgehead atoms. The second kappa shape index (κ2) is 6.25. The minimum atomic E-state index is -0.450. The number of aromatic nitrogens is 1. The molecule has 0 aliphatic heterocycles. The first-order valence-corrected chi connectivity index (χ1v) is 6.45. The summed E-state index contributed by atoms with van der Waals surface area (Å²) in [7, 11) is 1.46. The number of carbonyl (C=O) groups excluding carboxylic acids is 1. The molecule has 1 aromatic carbocycles. The summed E-state index contributed by atoms with van der Waals surface area (Å²) >= 11 is 6.04. The fraction of sp³-hybridized carbons (Fsp3) is 0.133. The zero-order chi connectivity index (χ0) is 15.4. The van der Waals surface area contributed by atoms with E-state index in [-0.39, 0.29) is 5.56 Å². The van der Waals surface area contributed by atoms with Gasteiger partial charge in [0.1, 0.15) is 17.5 Å². The van der Waals surface area contributed by atoms with Gasteiger partial charge in [0.25, 0.3) is 5.91 Å². The molecule has 0 aliphatic rings. The van der Waals surface area contributed by atoms with E-state index in [9.17, 15) is 4.79 Å². The van der Waals surface area contributed by atoms with Crippen LogP contribution in [0.3, 0.4) is 0 Å². The van der Waals surface area contributed by atoms with Crippen LogP contribution >= 0.6 is 11.6 Å². The number of ether oxygens (including phenoxy) is 1. The van der Waals surface area contributed by atoms with E-state index < -0.39 is 5.91 Å². The number of benzene rings is 1. The van der Waals surface area contributed by atoms with Crippen molar-refractivity contribution in [1.82, 2.24) is 4.98 Å². The van der Waals surface area contributed by atoms with Crippen molar-refractivity contribution in [2.75, 3.05) is 12.4 Å². The van der Waals surface area contributed by atoms with Crippen molar-refractivity contribution in [2.45, 2.75) is 6.92 Å². The Hall–Kier alpha value is -2.58. The Bertz CT molecular complexity index is 738. The molecule has 0 saturated carbocycles. The number of nitriles is 1. The summed E-state index contributed by atoms with van der Waals surface area (Å²) in [5.74, 6) is -0.0490. The maximum atomic E-state index is 12.3. The second-order valence-corrected chi connectivity index (χ2v) is 4.66. The third-order valence-corrected chi connectivity index (χ3v) is 3.15. The van der Waals surface area contributed by atoms with Crippen molar-refractivity contribution >= 4 is 23.2 Å². The molecule has 0 atom stereocenters. The summed E-state index contributed by atoms with van der Waals surface area (Å²) < 4.78 is 5.16. The number of nitrogens with zero attached hydrogens (tertiary/aromatic N) is 2. The van der Waals surface area contributed by atoms with Gasteiger partial charge in [0.2, 0.25) is 0 Å². The topological polar surface area (TPSA) is 75.0 Å². The number of para-hydroxylation sites is 1. The fourth-order valence-corrected chi connectivity index (χ4v) is 2.09. The highest BCUT2D eigenvalue weighted by molar-refractivity contribution is 6.34. The third-order valence-electron chi connectivity index (χ3n) is 2.84. The lowest BCUT2D eigenvalue weighted by Gasteiger charge is -2.12. The predicted molar refractivity (Wildman–Crippen MR) is 79.6 cm³/mol. The number of halogens is 1. The first-order valence-electron chi connectivity index (χ1n) is 6.07. The number of aryl methyl sites for hydroxylation is 1. The van der Waals surface area contributed by atoms with E-state index in [1.54, 1.807) is 31.2 Å². The molecule has 106 valence electrons. The van der Waals surface area contributed by atoms with Crippen LogP contribution in [0.5, 0.6) is 5.75 Å². The van der Waals surface area contributed by atoms with Gasteiger partial charge >= 0.3 is 0 Å². The molecule has 1 aromatic heterocycles. The van der Waals surface area contributed by atoms with Crippen LogP contribution in [0.25, 0.3) is 0 Å². The van der Waals surface area contributed by atoms with Gasteiger partial charge in [0.15, 0.2) is 0 Å². The van der Waals surface area contributed by atoms with Crippen molar-refractivity contribution in [3.8, 4) is 11.8 Å². The van der Waals surface area contributed by atoms with E-state index in [0.717, 1.165) is 0 Å². The molecule has 1 heterocycles. The van der Waals surface area contributed by atoms with Crippen molar-refractivity contribution < 1.29 is 9.53 Å². The van der Waals surface area contributed by atoms with Crippen molar-refractivity contribution in [1.29, 1.82) is 5.26 Å². The standard InChI is InChI=1S/C15H12ClN3O2/c1-9-6-12(16)11(8-18-9)15(20)19-14-10(7-17)4-3-5-13(14)21-2/h3-6,8H,1-2H3,(H,19,20). The smallest absolute Gasteiger partial charge is 0.258 e. The van der Waals surface area contributed by atoms with E-state index in [0.29, 0.717) is 27.7 Å². The Kier molecular flexibility index (Phi) is 4.41. The first-order chi connectivity index (χ1) is 10.1. The largest absolute Gasteiger partial charge is 0.495 e. The lowest BCUT2D eigenvalue weighted by Crippen LogP contribution is -2.14. The Morgan fingerprint density at radius 1 is 1.48 bits per heavy atom. The monoisotopic (exact) mass is 301 g/mol. The third kappa shape index (κ3) is 3.12. The highest BCUT2D eigenvalue weighted by Crippen LogP contribution is 2.29. The van der Waals surface area contributed by atoms with Crippen LogP contribution in [0.2, 0.25) is 5.02 Å². The highest BCUT2D eigenvalue weighted by Gasteiger charge is 2.16. The SMILES string of the molecule is COc1cccc(C#N)c1NC(=O)c1cnc(C)cc1Cl. The summed E-state index contributed by atoms with van der Waals surface area (Å²) in [5.41, 5.74) is 1.56. The fourth-order valence-electron chi connectivity index (χ4n) is 1.80. The van der Waals surface area contributed by atoms with E-state index in [4.69, 9.17) is 21.6 Å². The quantitative estimate of drug-likeness (QED) is 0.944. The van der Waals surface area contributed by atoms with E-state index in [2.05, 4.69) is 10.3 Å². The van der Waals surface area contributed by atoms with Gasteiger partial charge in [0.05, 0.1) is 23.3 Å². The van der Waals surface area contributed by atoms with Crippen LogP contribution in [0.4, 0.5) is 5.69 Å². The summed E-state index contributed by atoms with van der Waals surface area (Å²) in [5, 5.41) is 12.1. The summed E-state index contributed by atoms with van der Waals surface area (Å²) in [6.07, 6.45) is 1.40. The van der Waals surface area contributed by atoms with Crippen molar-refractivity contribution in [3.05, 3.63) is 52.3 Å².